The molecule has 0 aliphatic carbocycles. The molecule has 0 radical (unpaired) electrons. The Kier molecular flexibility index (Phi) is 3.91. The predicted molar refractivity (Wildman–Crippen MR) is 97.2 cm³/mol. The summed E-state index contributed by atoms with van der Waals surface area (Å²) in [4.78, 5) is 17.4. The van der Waals surface area contributed by atoms with E-state index in [4.69, 9.17) is 4.74 Å². The Bertz CT molecular complexity index is 1020. The van der Waals surface area contributed by atoms with Gasteiger partial charge in [0.25, 0.3) is 11.9 Å². The van der Waals surface area contributed by atoms with E-state index in [0.717, 1.165) is 16.2 Å². The third-order valence-corrected chi connectivity index (χ3v) is 4.54. The van der Waals surface area contributed by atoms with Gasteiger partial charge in [0.2, 0.25) is 4.96 Å². The summed E-state index contributed by atoms with van der Waals surface area (Å²) in [6, 6.07) is 16.8. The van der Waals surface area contributed by atoms with Crippen LogP contribution >= 0.6 is 11.3 Å². The van der Waals surface area contributed by atoms with Gasteiger partial charge in [0.1, 0.15) is 5.75 Å². The number of benzene rings is 2. The topological polar surface area (TPSA) is 68.5 Å². The zero-order valence-corrected chi connectivity index (χ0v) is 14.2. The van der Waals surface area contributed by atoms with Gasteiger partial charge < -0.3 is 4.74 Å². The molecule has 0 bridgehead atoms. The van der Waals surface area contributed by atoms with Crippen LogP contribution in [0.2, 0.25) is 0 Å². The van der Waals surface area contributed by atoms with Crippen molar-refractivity contribution in [1.29, 1.82) is 0 Å². The molecule has 0 aliphatic rings. The minimum Gasteiger partial charge on any atom is -0.497 e. The van der Waals surface area contributed by atoms with Gasteiger partial charge in [0, 0.05) is 16.5 Å². The Morgan fingerprint density at radius 3 is 2.60 bits per heavy atom. The van der Waals surface area contributed by atoms with Gasteiger partial charge >= 0.3 is 0 Å². The van der Waals surface area contributed by atoms with Crippen molar-refractivity contribution in [3.05, 3.63) is 65.5 Å². The maximum absolute atomic E-state index is 12.3. The van der Waals surface area contributed by atoms with E-state index in [1.807, 2.05) is 35.7 Å². The summed E-state index contributed by atoms with van der Waals surface area (Å²) in [5, 5.41) is 9.14. The number of carbonyl (C=O) groups excluding carboxylic acids is 1. The van der Waals surface area contributed by atoms with Gasteiger partial charge in [-0.1, -0.05) is 30.3 Å². The lowest BCUT2D eigenvalue weighted by molar-refractivity contribution is 0.102. The Hall–Kier alpha value is -3.19. The summed E-state index contributed by atoms with van der Waals surface area (Å²) in [5.41, 5.74) is 2.51. The Morgan fingerprint density at radius 1 is 1.12 bits per heavy atom. The van der Waals surface area contributed by atoms with Crippen LogP contribution in [-0.4, -0.2) is 27.6 Å². The monoisotopic (exact) mass is 350 g/mol. The molecule has 0 atom stereocenters. The number of fused-ring (bicyclic) bond motifs is 1. The van der Waals surface area contributed by atoms with Gasteiger partial charge in [-0.15, -0.1) is 16.4 Å². The fraction of sp³-hybridized carbons (Fsp3) is 0.0556. The molecule has 2 heterocycles. The number of anilines is 1. The van der Waals surface area contributed by atoms with Crippen LogP contribution in [-0.2, 0) is 0 Å². The van der Waals surface area contributed by atoms with E-state index in [9.17, 15) is 4.79 Å². The number of hydrogen-bond acceptors (Lipinski definition) is 5. The van der Waals surface area contributed by atoms with Gasteiger partial charge in [0.15, 0.2) is 0 Å². The van der Waals surface area contributed by atoms with Crippen LogP contribution in [0, 0.1) is 0 Å². The quantitative estimate of drug-likeness (QED) is 0.609. The molecule has 0 fully saturated rings. The first-order valence-corrected chi connectivity index (χ1v) is 8.47. The first-order chi connectivity index (χ1) is 12.2. The average Bonchev–Trinajstić information content (AvgIpc) is 3.22. The number of methoxy groups -OCH3 is 1. The van der Waals surface area contributed by atoms with Crippen molar-refractivity contribution in [2.24, 2.45) is 0 Å². The highest BCUT2D eigenvalue weighted by atomic mass is 32.1. The molecule has 25 heavy (non-hydrogen) atoms. The van der Waals surface area contributed by atoms with Gasteiger partial charge in [0.05, 0.1) is 12.8 Å². The van der Waals surface area contributed by atoms with Crippen LogP contribution in [0.25, 0.3) is 16.2 Å². The molecule has 2 aromatic heterocycles. The molecule has 4 aromatic rings. The first-order valence-electron chi connectivity index (χ1n) is 7.60. The van der Waals surface area contributed by atoms with Crippen LogP contribution < -0.4 is 10.1 Å². The summed E-state index contributed by atoms with van der Waals surface area (Å²) < 4.78 is 6.83. The zero-order chi connectivity index (χ0) is 17.2. The lowest BCUT2D eigenvalue weighted by Gasteiger charge is -2.03. The number of rotatable bonds is 4. The molecule has 4 rings (SSSR count). The van der Waals surface area contributed by atoms with Crippen LogP contribution in [0.15, 0.2) is 60.0 Å². The van der Waals surface area contributed by atoms with Gasteiger partial charge in [-0.25, -0.2) is 4.52 Å². The molecule has 6 nitrogen and oxygen atoms in total. The second-order valence-electron chi connectivity index (χ2n) is 5.30. The molecule has 0 aliphatic heterocycles. The van der Waals surface area contributed by atoms with Crippen molar-refractivity contribution in [2.45, 2.75) is 0 Å². The van der Waals surface area contributed by atoms with Crippen molar-refractivity contribution < 1.29 is 9.53 Å². The lowest BCUT2D eigenvalue weighted by atomic mass is 10.2. The van der Waals surface area contributed by atoms with E-state index in [2.05, 4.69) is 15.4 Å². The largest absolute Gasteiger partial charge is 0.497 e. The summed E-state index contributed by atoms with van der Waals surface area (Å²) in [5.74, 6) is 0.719. The predicted octanol–water partition coefficient (Wildman–Crippen LogP) is 3.72. The normalized spacial score (nSPS) is 10.8. The summed E-state index contributed by atoms with van der Waals surface area (Å²) >= 11 is 1.48. The minimum atomic E-state index is -0.262. The minimum absolute atomic E-state index is 0.262. The zero-order valence-electron chi connectivity index (χ0n) is 13.3. The number of ether oxygens (including phenoxy) is 1. The lowest BCUT2D eigenvalue weighted by Crippen LogP contribution is -2.13. The SMILES string of the molecule is COc1ccc(C(=O)Nc2nc3scc(-c4ccccc4)n3n2)cc1. The highest BCUT2D eigenvalue weighted by Gasteiger charge is 2.14. The second-order valence-corrected chi connectivity index (χ2v) is 6.14. The van der Waals surface area contributed by atoms with Crippen LogP contribution in [0.5, 0.6) is 5.75 Å². The average molecular weight is 350 g/mol. The first kappa shape index (κ1) is 15.3. The van der Waals surface area contributed by atoms with E-state index in [0.29, 0.717) is 11.3 Å². The van der Waals surface area contributed by atoms with E-state index >= 15 is 0 Å². The van der Waals surface area contributed by atoms with Crippen molar-refractivity contribution in [1.82, 2.24) is 14.6 Å². The highest BCUT2D eigenvalue weighted by molar-refractivity contribution is 7.15. The number of nitrogens with zero attached hydrogens (tertiary/aromatic N) is 3. The molecular weight excluding hydrogens is 336 g/mol. The van der Waals surface area contributed by atoms with Crippen molar-refractivity contribution in [3.8, 4) is 17.0 Å². The highest BCUT2D eigenvalue weighted by Crippen LogP contribution is 2.25. The van der Waals surface area contributed by atoms with Gasteiger partial charge in [-0.05, 0) is 24.3 Å². The summed E-state index contributed by atoms with van der Waals surface area (Å²) in [6.45, 7) is 0. The number of amides is 1. The third kappa shape index (κ3) is 2.97. The van der Waals surface area contributed by atoms with Crippen molar-refractivity contribution in [3.63, 3.8) is 0 Å². The standard InChI is InChI=1S/C18H14N4O2S/c1-24-14-9-7-13(8-10-14)16(23)19-17-20-18-22(21-17)15(11-25-18)12-5-3-2-4-6-12/h2-11H,1H3,(H,19,21,23). The number of hydrogen-bond donors (Lipinski definition) is 1. The second kappa shape index (κ2) is 6.37. The molecule has 1 N–H and O–H groups in total. The maximum atomic E-state index is 12.3. The molecule has 0 unspecified atom stereocenters. The fourth-order valence-corrected chi connectivity index (χ4v) is 3.29. The molecule has 2 aromatic carbocycles. The Balaban J connectivity index is 1.60. The van der Waals surface area contributed by atoms with E-state index in [1.54, 1.807) is 35.9 Å². The molecule has 0 saturated carbocycles. The van der Waals surface area contributed by atoms with Crippen molar-refractivity contribution in [2.75, 3.05) is 12.4 Å². The fourth-order valence-electron chi connectivity index (χ4n) is 2.46. The third-order valence-electron chi connectivity index (χ3n) is 3.73. The summed E-state index contributed by atoms with van der Waals surface area (Å²) in [7, 11) is 1.58. The molecule has 124 valence electrons. The number of thiazole rings is 1. The van der Waals surface area contributed by atoms with Crippen LogP contribution in [0.1, 0.15) is 10.4 Å². The molecule has 7 heteroatoms. The van der Waals surface area contributed by atoms with Crippen LogP contribution in [0.3, 0.4) is 0 Å². The Morgan fingerprint density at radius 2 is 1.88 bits per heavy atom. The smallest absolute Gasteiger partial charge is 0.258 e. The van der Waals surface area contributed by atoms with Crippen LogP contribution in [0.4, 0.5) is 5.95 Å². The van der Waals surface area contributed by atoms with Gasteiger partial charge in [-0.3, -0.25) is 10.1 Å². The maximum Gasteiger partial charge on any atom is 0.258 e. The van der Waals surface area contributed by atoms with Gasteiger partial charge in [-0.2, -0.15) is 4.98 Å². The molecule has 0 saturated heterocycles. The summed E-state index contributed by atoms with van der Waals surface area (Å²) in [6.07, 6.45) is 0. The van der Waals surface area contributed by atoms with E-state index < -0.39 is 0 Å². The van der Waals surface area contributed by atoms with E-state index in [1.165, 1.54) is 11.3 Å². The van der Waals surface area contributed by atoms with E-state index in [-0.39, 0.29) is 11.9 Å². The molecule has 0 spiro atoms. The Labute approximate surface area is 147 Å². The van der Waals surface area contributed by atoms with Crippen molar-refractivity contribution >= 4 is 28.2 Å². The molecular formula is C18H14N4O2S. The number of nitrogens with one attached hydrogen (secondary N) is 1. The molecule has 1 amide bonds. The number of aromatic nitrogens is 3. The number of carbonyl (C=O) groups is 1.